The van der Waals surface area contributed by atoms with Crippen LogP contribution in [0.4, 0.5) is 0 Å². The van der Waals surface area contributed by atoms with E-state index in [1.165, 1.54) is 62.5 Å². The number of allylic oxidation sites excluding steroid dienone is 9. The molecule has 0 radical (unpaired) electrons. The number of piperidine rings is 1. The molecule has 7 aliphatic carbocycles. The first-order valence-electron chi connectivity index (χ1n) is 18.4. The molecule has 2 aromatic rings. The maximum Gasteiger partial charge on any atom is 0.0356 e. The normalized spacial score (nSPS) is 41.8. The van der Waals surface area contributed by atoms with Gasteiger partial charge in [0, 0.05) is 23.9 Å². The van der Waals surface area contributed by atoms with Crippen LogP contribution in [0.25, 0.3) is 11.1 Å². The summed E-state index contributed by atoms with van der Waals surface area (Å²) in [5, 5.41) is 4.10. The van der Waals surface area contributed by atoms with Gasteiger partial charge in [-0.2, -0.15) is 0 Å². The molecule has 1 N–H and O–H groups in total. The van der Waals surface area contributed by atoms with Crippen molar-refractivity contribution in [1.82, 2.24) is 5.32 Å². The molecule has 8 aliphatic rings. The predicted molar refractivity (Wildman–Crippen MR) is 186 cm³/mol. The Balaban J connectivity index is 1.04. The molecule has 1 heterocycles. The minimum atomic E-state index is 0.458. The summed E-state index contributed by atoms with van der Waals surface area (Å²) in [6, 6.07) is 20.3. The smallest absolute Gasteiger partial charge is 0.0356 e. The third kappa shape index (κ3) is 4.29. The number of fused-ring (bicyclic) bond motifs is 2. The van der Waals surface area contributed by atoms with Crippen LogP contribution < -0.4 is 5.32 Å². The maximum atomic E-state index is 4.10. The summed E-state index contributed by atoms with van der Waals surface area (Å²) >= 11 is 0. The highest BCUT2D eigenvalue weighted by Crippen LogP contribution is 2.61. The number of nitrogens with one attached hydrogen (secondary N) is 1. The summed E-state index contributed by atoms with van der Waals surface area (Å²) in [7, 11) is 0. The van der Waals surface area contributed by atoms with E-state index in [1.54, 1.807) is 22.3 Å². The van der Waals surface area contributed by atoms with Crippen molar-refractivity contribution in [3.8, 4) is 11.1 Å². The zero-order valence-corrected chi connectivity index (χ0v) is 26.5. The molecule has 12 atom stereocenters. The lowest BCUT2D eigenvalue weighted by Crippen LogP contribution is -2.57. The van der Waals surface area contributed by atoms with Gasteiger partial charge in [-0.25, -0.2) is 0 Å². The Morgan fingerprint density at radius 3 is 2.38 bits per heavy atom. The molecule has 0 bridgehead atoms. The van der Waals surface area contributed by atoms with E-state index in [9.17, 15) is 0 Å². The van der Waals surface area contributed by atoms with Crippen molar-refractivity contribution >= 4 is 0 Å². The highest BCUT2D eigenvalue weighted by atomic mass is 15.0. The Hall–Kier alpha value is -3.16. The highest BCUT2D eigenvalue weighted by molar-refractivity contribution is 5.66. The molecular weight excluding hydrogens is 542 g/mol. The number of hydrogen-bond donors (Lipinski definition) is 1. The van der Waals surface area contributed by atoms with Crippen LogP contribution in [0.5, 0.6) is 0 Å². The summed E-state index contributed by atoms with van der Waals surface area (Å²) < 4.78 is 0. The molecule has 1 aliphatic heterocycles. The average Bonchev–Trinajstić information content (AvgIpc) is 3.11. The topological polar surface area (TPSA) is 12.0 Å². The van der Waals surface area contributed by atoms with Crippen LogP contribution in [-0.4, -0.2) is 12.1 Å². The largest absolute Gasteiger partial charge is 0.306 e. The van der Waals surface area contributed by atoms with Crippen LogP contribution in [0.15, 0.2) is 120 Å². The predicted octanol–water partition coefficient (Wildman–Crippen LogP) is 10.1. The summed E-state index contributed by atoms with van der Waals surface area (Å²) in [6.07, 6.45) is 35.3. The second-order valence-electron chi connectivity index (χ2n) is 15.8. The first kappa shape index (κ1) is 27.0. The van der Waals surface area contributed by atoms with E-state index in [4.69, 9.17) is 0 Å². The Labute approximate surface area is 270 Å². The monoisotopic (exact) mass is 589 g/mol. The van der Waals surface area contributed by atoms with E-state index in [0.29, 0.717) is 41.7 Å². The van der Waals surface area contributed by atoms with Crippen LogP contribution in [0.1, 0.15) is 74.3 Å². The molecular formula is C44H47N. The zero-order chi connectivity index (χ0) is 29.5. The molecule has 2 aromatic carbocycles. The van der Waals surface area contributed by atoms with E-state index in [2.05, 4.69) is 115 Å². The maximum absolute atomic E-state index is 4.10. The molecule has 0 aromatic heterocycles. The Morgan fingerprint density at radius 2 is 1.44 bits per heavy atom. The van der Waals surface area contributed by atoms with E-state index >= 15 is 0 Å². The minimum absolute atomic E-state index is 0.458. The van der Waals surface area contributed by atoms with Gasteiger partial charge in [-0.3, -0.25) is 0 Å². The van der Waals surface area contributed by atoms with Crippen molar-refractivity contribution in [3.63, 3.8) is 0 Å². The van der Waals surface area contributed by atoms with E-state index < -0.39 is 0 Å². The van der Waals surface area contributed by atoms with Crippen molar-refractivity contribution in [1.29, 1.82) is 0 Å². The second-order valence-corrected chi connectivity index (χ2v) is 15.8. The molecule has 12 unspecified atom stereocenters. The first-order chi connectivity index (χ1) is 22.3. The molecule has 0 spiro atoms. The summed E-state index contributed by atoms with van der Waals surface area (Å²) in [5.74, 6) is 7.25. The number of rotatable bonds is 3. The molecule has 1 nitrogen and oxygen atoms in total. The van der Waals surface area contributed by atoms with Gasteiger partial charge in [0.25, 0.3) is 0 Å². The van der Waals surface area contributed by atoms with Crippen molar-refractivity contribution < 1.29 is 0 Å². The Kier molecular flexibility index (Phi) is 6.42. The Bertz CT molecular complexity index is 1670. The second kappa shape index (κ2) is 10.7. The van der Waals surface area contributed by atoms with Crippen molar-refractivity contribution in [3.05, 3.63) is 132 Å². The summed E-state index contributed by atoms with van der Waals surface area (Å²) in [4.78, 5) is 0. The summed E-state index contributed by atoms with van der Waals surface area (Å²) in [6.45, 7) is 0. The zero-order valence-electron chi connectivity index (χ0n) is 26.5. The van der Waals surface area contributed by atoms with Crippen molar-refractivity contribution in [2.45, 2.75) is 75.3 Å². The van der Waals surface area contributed by atoms with Gasteiger partial charge in [0.15, 0.2) is 0 Å². The van der Waals surface area contributed by atoms with Crippen LogP contribution >= 0.6 is 0 Å². The lowest BCUT2D eigenvalue weighted by molar-refractivity contribution is 0.00467. The fraction of sp³-hybridized carbons (Fsp3) is 0.455. The van der Waals surface area contributed by atoms with Crippen LogP contribution in [0.2, 0.25) is 0 Å². The molecule has 0 amide bonds. The van der Waals surface area contributed by atoms with E-state index in [-0.39, 0.29) is 0 Å². The van der Waals surface area contributed by atoms with E-state index in [1.807, 2.05) is 0 Å². The van der Waals surface area contributed by atoms with Gasteiger partial charge in [0.1, 0.15) is 0 Å². The van der Waals surface area contributed by atoms with Gasteiger partial charge in [-0.15, -0.1) is 0 Å². The highest BCUT2D eigenvalue weighted by Gasteiger charge is 2.52. The molecule has 1 saturated heterocycles. The van der Waals surface area contributed by atoms with Gasteiger partial charge in [-0.05, 0) is 121 Å². The van der Waals surface area contributed by atoms with Crippen molar-refractivity contribution in [2.75, 3.05) is 0 Å². The summed E-state index contributed by atoms with van der Waals surface area (Å²) in [5.41, 5.74) is 9.58. The molecule has 45 heavy (non-hydrogen) atoms. The van der Waals surface area contributed by atoms with Crippen molar-refractivity contribution in [2.24, 2.45) is 47.3 Å². The average molecular weight is 590 g/mol. The van der Waals surface area contributed by atoms with Gasteiger partial charge < -0.3 is 5.32 Å². The molecule has 228 valence electrons. The van der Waals surface area contributed by atoms with E-state index in [0.717, 1.165) is 29.6 Å². The SMILES string of the molecule is C1=CC2CCC3CCC(c4cc(-c5ccccc5)cc(C5CCC6NC7C=CC=CC7C7=CC=CC5C76)c4)C4CCC(=C1)C2C34. The standard InChI is InChI=1S/C44H47N/c1-2-8-27(9-3-1)31-24-32(34-20-18-30-17-16-28-10-6-11-29-19-21-39(34)43(30)42(28)29)26-33(25-31)35-22-23-41-44-37(35)13-7-14-38(44)36-12-4-5-15-40(36)45-41/h1-15,24-26,28,30,34-37,39-45H,16-23H2. The first-order valence-corrected chi connectivity index (χ1v) is 18.4. The lowest BCUT2D eigenvalue weighted by Gasteiger charge is -2.56. The van der Waals surface area contributed by atoms with Crippen LogP contribution in [0.3, 0.4) is 0 Å². The third-order valence-corrected chi connectivity index (χ3v) is 14.0. The fourth-order valence-electron chi connectivity index (χ4n) is 12.3. The Morgan fingerprint density at radius 1 is 0.622 bits per heavy atom. The molecule has 10 rings (SSSR count). The van der Waals surface area contributed by atoms with Crippen LogP contribution in [0, 0.1) is 47.3 Å². The fourth-order valence-corrected chi connectivity index (χ4v) is 12.3. The van der Waals surface area contributed by atoms with Gasteiger partial charge in [0.05, 0.1) is 0 Å². The van der Waals surface area contributed by atoms with Gasteiger partial charge in [0.2, 0.25) is 0 Å². The molecule has 1 heteroatoms. The number of hydrogen-bond acceptors (Lipinski definition) is 1. The number of benzene rings is 2. The van der Waals surface area contributed by atoms with Gasteiger partial charge in [-0.1, -0.05) is 120 Å². The van der Waals surface area contributed by atoms with Gasteiger partial charge >= 0.3 is 0 Å². The van der Waals surface area contributed by atoms with Crippen LogP contribution in [-0.2, 0) is 0 Å². The lowest BCUT2D eigenvalue weighted by atomic mass is 9.48. The quantitative estimate of drug-likeness (QED) is 0.376. The molecule has 4 saturated carbocycles. The third-order valence-electron chi connectivity index (χ3n) is 14.0. The molecule has 5 fully saturated rings. The minimum Gasteiger partial charge on any atom is -0.306 e.